The summed E-state index contributed by atoms with van der Waals surface area (Å²) >= 11 is 0. The van der Waals surface area contributed by atoms with Crippen molar-refractivity contribution in [1.29, 1.82) is 0 Å². The molecule has 0 heterocycles. The third-order valence-corrected chi connectivity index (χ3v) is 0.750. The van der Waals surface area contributed by atoms with Crippen LogP contribution in [0.4, 0.5) is 0 Å². The van der Waals surface area contributed by atoms with E-state index in [0.29, 0.717) is 0 Å². The highest BCUT2D eigenvalue weighted by Crippen LogP contribution is 1.93. The summed E-state index contributed by atoms with van der Waals surface area (Å²) in [4.78, 5) is 0. The van der Waals surface area contributed by atoms with E-state index in [1.54, 1.807) is 0 Å². The summed E-state index contributed by atoms with van der Waals surface area (Å²) in [7, 11) is 0. The van der Waals surface area contributed by atoms with E-state index in [4.69, 9.17) is 0 Å². The van der Waals surface area contributed by atoms with Gasteiger partial charge in [0.05, 0.1) is 0 Å². The molecule has 0 aliphatic rings. The van der Waals surface area contributed by atoms with Gasteiger partial charge in [-0.1, -0.05) is 23.3 Å². The Morgan fingerprint density at radius 2 is 1.00 bits per heavy atom. The van der Waals surface area contributed by atoms with Gasteiger partial charge in [0.2, 0.25) is 0 Å². The van der Waals surface area contributed by atoms with Gasteiger partial charge in [0.1, 0.15) is 0 Å². The molecule has 0 heteroatoms. The van der Waals surface area contributed by atoms with Crippen LogP contribution in [0.15, 0.2) is 23.3 Å². The Morgan fingerprint density at radius 3 is 1.12 bits per heavy atom. The molecule has 0 saturated carbocycles. The average Bonchev–Trinajstić information content (AvgIpc) is 1.61. The van der Waals surface area contributed by atoms with Gasteiger partial charge < -0.3 is 0 Å². The Bertz CT molecular complexity index is 92.0. The Morgan fingerprint density at radius 1 is 0.750 bits per heavy atom. The monoisotopic (exact) mass is 110 g/mol. The minimum atomic E-state index is 1.35. The molecule has 0 rings (SSSR count). The molecule has 0 aliphatic carbocycles. The summed E-state index contributed by atoms with van der Waals surface area (Å²) in [6.07, 6.45) is 4.24. The minimum absolute atomic E-state index is 1.35. The first-order valence-corrected chi connectivity index (χ1v) is 2.91. The molecule has 0 radical (unpaired) electrons. The number of hydrogen-bond donors (Lipinski definition) is 0. The van der Waals surface area contributed by atoms with Gasteiger partial charge in [-0.3, -0.25) is 0 Å². The van der Waals surface area contributed by atoms with Gasteiger partial charge in [0.25, 0.3) is 0 Å². The van der Waals surface area contributed by atoms with E-state index in [2.05, 4.69) is 39.8 Å². The van der Waals surface area contributed by atoms with Crippen LogP contribution in [0.25, 0.3) is 0 Å². The van der Waals surface area contributed by atoms with Crippen LogP contribution in [0.1, 0.15) is 27.7 Å². The van der Waals surface area contributed by atoms with Gasteiger partial charge in [0.15, 0.2) is 0 Å². The van der Waals surface area contributed by atoms with Crippen molar-refractivity contribution in [3.05, 3.63) is 23.3 Å². The first-order valence-electron chi connectivity index (χ1n) is 2.91. The maximum absolute atomic E-state index is 2.12. The second-order valence-corrected chi connectivity index (χ2v) is 2.49. The van der Waals surface area contributed by atoms with Crippen LogP contribution in [-0.2, 0) is 0 Å². The molecular weight excluding hydrogens is 96.1 g/mol. The second kappa shape index (κ2) is 3.48. The molecule has 0 aromatic rings. The second-order valence-electron chi connectivity index (χ2n) is 2.49. The van der Waals surface area contributed by atoms with Crippen molar-refractivity contribution in [2.45, 2.75) is 27.7 Å². The Balaban J connectivity index is 3.76. The van der Waals surface area contributed by atoms with Crippen molar-refractivity contribution in [3.8, 4) is 0 Å². The third-order valence-electron chi connectivity index (χ3n) is 0.750. The maximum atomic E-state index is 2.12. The van der Waals surface area contributed by atoms with Crippen LogP contribution in [0.5, 0.6) is 0 Å². The normalized spacial score (nSPS) is 8.00. The molecule has 0 bridgehead atoms. The first-order chi connectivity index (χ1) is 3.63. The Labute approximate surface area is 51.9 Å². The van der Waals surface area contributed by atoms with Gasteiger partial charge >= 0.3 is 0 Å². The zero-order chi connectivity index (χ0) is 6.57. The van der Waals surface area contributed by atoms with Crippen molar-refractivity contribution >= 4 is 0 Å². The fourth-order valence-electron chi connectivity index (χ4n) is 0.333. The summed E-state index contributed by atoms with van der Waals surface area (Å²) in [6, 6.07) is 0. The third kappa shape index (κ3) is 5.48. The molecule has 0 unspecified atom stereocenters. The van der Waals surface area contributed by atoms with Gasteiger partial charge in [-0.25, -0.2) is 0 Å². The molecule has 0 nitrogen and oxygen atoms in total. The number of allylic oxidation sites excluding steroid dienone is 4. The highest BCUT2D eigenvalue weighted by Gasteiger charge is 1.71. The van der Waals surface area contributed by atoms with Crippen LogP contribution < -0.4 is 0 Å². The van der Waals surface area contributed by atoms with Crippen LogP contribution in [-0.4, -0.2) is 0 Å². The highest BCUT2D eigenvalue weighted by molar-refractivity contribution is 5.12. The van der Waals surface area contributed by atoms with Crippen LogP contribution in [0.3, 0.4) is 0 Å². The molecule has 0 aromatic heterocycles. The highest BCUT2D eigenvalue weighted by atomic mass is 13.8. The van der Waals surface area contributed by atoms with Gasteiger partial charge in [-0.15, -0.1) is 0 Å². The van der Waals surface area contributed by atoms with Gasteiger partial charge in [0, 0.05) is 0 Å². The molecule has 0 saturated heterocycles. The van der Waals surface area contributed by atoms with Crippen molar-refractivity contribution < 1.29 is 0 Å². The lowest BCUT2D eigenvalue weighted by Crippen LogP contribution is -1.62. The van der Waals surface area contributed by atoms with Crippen LogP contribution in [0.2, 0.25) is 0 Å². The van der Waals surface area contributed by atoms with Gasteiger partial charge in [-0.2, -0.15) is 0 Å². The van der Waals surface area contributed by atoms with Crippen LogP contribution >= 0.6 is 0 Å². The topological polar surface area (TPSA) is 0 Å². The first kappa shape index (κ1) is 7.48. The van der Waals surface area contributed by atoms with Crippen LogP contribution in [0, 0.1) is 0 Å². The zero-order valence-electron chi connectivity index (χ0n) is 6.15. The van der Waals surface area contributed by atoms with Crippen molar-refractivity contribution in [1.82, 2.24) is 0 Å². The molecule has 8 heavy (non-hydrogen) atoms. The SMILES string of the molecule is CC(C)=CC=C(C)C. The maximum Gasteiger partial charge on any atom is -0.0439 e. The van der Waals surface area contributed by atoms with E-state index < -0.39 is 0 Å². The van der Waals surface area contributed by atoms with E-state index in [-0.39, 0.29) is 0 Å². The lowest BCUT2D eigenvalue weighted by Gasteiger charge is -1.84. The summed E-state index contributed by atoms with van der Waals surface area (Å²) in [5.74, 6) is 0. The molecule has 0 aliphatic heterocycles. The predicted octanol–water partition coefficient (Wildman–Crippen LogP) is 2.92. The van der Waals surface area contributed by atoms with Crippen molar-refractivity contribution in [2.24, 2.45) is 0 Å². The molecule has 0 amide bonds. The number of rotatable bonds is 1. The molecule has 46 valence electrons. The summed E-state index contributed by atoms with van der Waals surface area (Å²) < 4.78 is 0. The summed E-state index contributed by atoms with van der Waals surface area (Å²) in [5.41, 5.74) is 2.71. The summed E-state index contributed by atoms with van der Waals surface area (Å²) in [6.45, 7) is 8.39. The fourth-order valence-corrected chi connectivity index (χ4v) is 0.333. The van der Waals surface area contributed by atoms with E-state index in [1.807, 2.05) is 0 Å². The fraction of sp³-hybridized carbons (Fsp3) is 0.500. The molecular formula is C8H14. The standard InChI is InChI=1S/C8H14/c1-7(2)5-6-8(3)4/h5-6H,1-4H3. The predicted molar refractivity (Wildman–Crippen MR) is 38.9 cm³/mol. The van der Waals surface area contributed by atoms with Gasteiger partial charge in [-0.05, 0) is 27.7 Å². The van der Waals surface area contributed by atoms with Crippen molar-refractivity contribution in [3.63, 3.8) is 0 Å². The number of hydrogen-bond acceptors (Lipinski definition) is 0. The average molecular weight is 110 g/mol. The zero-order valence-corrected chi connectivity index (χ0v) is 6.15. The molecule has 0 N–H and O–H groups in total. The molecule has 0 aromatic carbocycles. The summed E-state index contributed by atoms with van der Waals surface area (Å²) in [5, 5.41) is 0. The molecule has 0 atom stereocenters. The van der Waals surface area contributed by atoms with E-state index in [0.717, 1.165) is 0 Å². The lowest BCUT2D eigenvalue weighted by atomic mass is 10.2. The van der Waals surface area contributed by atoms with E-state index in [9.17, 15) is 0 Å². The molecule has 0 fully saturated rings. The smallest absolute Gasteiger partial charge is 0.0439 e. The van der Waals surface area contributed by atoms with E-state index in [1.165, 1.54) is 11.1 Å². The largest absolute Gasteiger partial charge is 0.0764 e. The quantitative estimate of drug-likeness (QED) is 0.455. The lowest BCUT2D eigenvalue weighted by molar-refractivity contribution is 1.35. The minimum Gasteiger partial charge on any atom is -0.0764 e. The van der Waals surface area contributed by atoms with E-state index >= 15 is 0 Å². The Hall–Kier alpha value is -0.520. The Kier molecular flexibility index (Phi) is 3.25. The van der Waals surface area contributed by atoms with Crippen molar-refractivity contribution in [2.75, 3.05) is 0 Å². The molecule has 0 spiro atoms.